The van der Waals surface area contributed by atoms with Gasteiger partial charge in [-0.1, -0.05) is 38.3 Å². The molecule has 0 radical (unpaired) electrons. The third kappa shape index (κ3) is 2.57. The Balaban J connectivity index is 1.87. The summed E-state index contributed by atoms with van der Waals surface area (Å²) in [6.07, 6.45) is 6.96. The number of nitrogens with zero attached hydrogens (tertiary/aromatic N) is 1. The Morgan fingerprint density at radius 3 is 2.86 bits per heavy atom. The van der Waals surface area contributed by atoms with Gasteiger partial charge in [0.05, 0.1) is 11.1 Å². The molecule has 112 valence electrons. The van der Waals surface area contributed by atoms with Gasteiger partial charge < -0.3 is 9.30 Å². The van der Waals surface area contributed by atoms with E-state index in [-0.39, 0.29) is 11.7 Å². The first-order chi connectivity index (χ1) is 10.2. The highest BCUT2D eigenvalue weighted by Crippen LogP contribution is 2.35. The fourth-order valence-corrected chi connectivity index (χ4v) is 3.24. The number of unbranched alkanes of at least 4 members (excludes halogenated alkanes) is 3. The summed E-state index contributed by atoms with van der Waals surface area (Å²) in [5.74, 6) is 0.828. The first-order valence-corrected chi connectivity index (χ1v) is 7.99. The van der Waals surface area contributed by atoms with Crippen molar-refractivity contribution >= 4 is 10.9 Å². The zero-order valence-corrected chi connectivity index (χ0v) is 12.9. The van der Waals surface area contributed by atoms with E-state index in [9.17, 15) is 4.79 Å². The van der Waals surface area contributed by atoms with Crippen LogP contribution in [0.25, 0.3) is 10.9 Å². The SMILES string of the molecule is CCCCCCC1Cc2c(c3ccccc3n(C)c2=O)O1. The van der Waals surface area contributed by atoms with Crippen molar-refractivity contribution in [2.75, 3.05) is 0 Å². The molecular weight excluding hydrogens is 262 g/mol. The van der Waals surface area contributed by atoms with E-state index in [0.717, 1.165) is 35.1 Å². The molecule has 0 aliphatic carbocycles. The van der Waals surface area contributed by atoms with Crippen molar-refractivity contribution in [2.24, 2.45) is 7.05 Å². The molecular formula is C18H23NO2. The van der Waals surface area contributed by atoms with E-state index in [0.29, 0.717) is 0 Å². The largest absolute Gasteiger partial charge is 0.489 e. The van der Waals surface area contributed by atoms with Crippen molar-refractivity contribution in [3.63, 3.8) is 0 Å². The molecule has 2 aromatic rings. The molecule has 1 unspecified atom stereocenters. The third-order valence-corrected chi connectivity index (χ3v) is 4.44. The van der Waals surface area contributed by atoms with Crippen LogP contribution in [-0.4, -0.2) is 10.7 Å². The molecule has 0 fully saturated rings. The second kappa shape index (κ2) is 5.92. The predicted molar refractivity (Wildman–Crippen MR) is 86.1 cm³/mol. The smallest absolute Gasteiger partial charge is 0.257 e. The van der Waals surface area contributed by atoms with Gasteiger partial charge in [-0.15, -0.1) is 0 Å². The number of benzene rings is 1. The van der Waals surface area contributed by atoms with Gasteiger partial charge in [0.15, 0.2) is 0 Å². The second-order valence-corrected chi connectivity index (χ2v) is 5.98. The summed E-state index contributed by atoms with van der Waals surface area (Å²) in [6.45, 7) is 2.22. The normalized spacial score (nSPS) is 17.0. The number of para-hydroxylation sites is 1. The zero-order valence-electron chi connectivity index (χ0n) is 12.9. The fraction of sp³-hybridized carbons (Fsp3) is 0.500. The summed E-state index contributed by atoms with van der Waals surface area (Å²) in [6, 6.07) is 8.00. The highest BCUT2D eigenvalue weighted by Gasteiger charge is 2.28. The minimum atomic E-state index is 0.0970. The number of pyridine rings is 1. The summed E-state index contributed by atoms with van der Waals surface area (Å²) in [4.78, 5) is 12.5. The fourth-order valence-electron chi connectivity index (χ4n) is 3.24. The lowest BCUT2D eigenvalue weighted by atomic mass is 10.0. The van der Waals surface area contributed by atoms with Crippen LogP contribution in [0.2, 0.25) is 0 Å². The molecule has 0 spiro atoms. The molecule has 1 aliphatic rings. The van der Waals surface area contributed by atoms with Crippen molar-refractivity contribution in [1.82, 2.24) is 4.57 Å². The average molecular weight is 285 g/mol. The first kappa shape index (κ1) is 14.2. The number of fused-ring (bicyclic) bond motifs is 3. The predicted octanol–water partition coefficient (Wildman–Crippen LogP) is 3.81. The van der Waals surface area contributed by atoms with E-state index < -0.39 is 0 Å². The second-order valence-electron chi connectivity index (χ2n) is 5.98. The van der Waals surface area contributed by atoms with E-state index in [1.807, 2.05) is 31.3 Å². The topological polar surface area (TPSA) is 31.2 Å². The lowest BCUT2D eigenvalue weighted by molar-refractivity contribution is 0.218. The highest BCUT2D eigenvalue weighted by atomic mass is 16.5. The lowest BCUT2D eigenvalue weighted by Gasteiger charge is -2.11. The Bertz CT molecular complexity index is 702. The van der Waals surface area contributed by atoms with Crippen LogP contribution in [0.5, 0.6) is 5.75 Å². The van der Waals surface area contributed by atoms with E-state index in [2.05, 4.69) is 6.92 Å². The number of aryl methyl sites for hydroxylation is 1. The van der Waals surface area contributed by atoms with Crippen LogP contribution in [-0.2, 0) is 13.5 Å². The molecule has 1 atom stereocenters. The van der Waals surface area contributed by atoms with Gasteiger partial charge in [-0.05, 0) is 25.0 Å². The van der Waals surface area contributed by atoms with E-state index in [4.69, 9.17) is 4.74 Å². The van der Waals surface area contributed by atoms with Gasteiger partial charge in [0.25, 0.3) is 5.56 Å². The van der Waals surface area contributed by atoms with Gasteiger partial charge in [-0.3, -0.25) is 4.79 Å². The van der Waals surface area contributed by atoms with Crippen LogP contribution in [0.4, 0.5) is 0 Å². The zero-order chi connectivity index (χ0) is 14.8. The van der Waals surface area contributed by atoms with Crippen LogP contribution in [0.3, 0.4) is 0 Å². The van der Waals surface area contributed by atoms with Crippen LogP contribution < -0.4 is 10.3 Å². The van der Waals surface area contributed by atoms with E-state index >= 15 is 0 Å². The molecule has 1 aliphatic heterocycles. The molecule has 0 saturated carbocycles. The summed E-state index contributed by atoms with van der Waals surface area (Å²) in [5.41, 5.74) is 1.91. The molecule has 3 heteroatoms. The summed E-state index contributed by atoms with van der Waals surface area (Å²) in [7, 11) is 1.85. The minimum absolute atomic E-state index is 0.0970. The Kier molecular flexibility index (Phi) is 4.00. The van der Waals surface area contributed by atoms with Crippen molar-refractivity contribution in [3.8, 4) is 5.75 Å². The number of hydrogen-bond donors (Lipinski definition) is 0. The lowest BCUT2D eigenvalue weighted by Crippen LogP contribution is -2.21. The van der Waals surface area contributed by atoms with Crippen molar-refractivity contribution in [1.29, 1.82) is 0 Å². The molecule has 3 rings (SSSR count). The maximum Gasteiger partial charge on any atom is 0.257 e. The van der Waals surface area contributed by atoms with Crippen LogP contribution in [0, 0.1) is 0 Å². The van der Waals surface area contributed by atoms with Gasteiger partial charge in [0.2, 0.25) is 0 Å². The maximum absolute atomic E-state index is 12.5. The molecule has 21 heavy (non-hydrogen) atoms. The molecule has 0 saturated heterocycles. The maximum atomic E-state index is 12.5. The Morgan fingerprint density at radius 2 is 2.05 bits per heavy atom. The molecule has 1 aromatic carbocycles. The minimum Gasteiger partial charge on any atom is -0.489 e. The summed E-state index contributed by atoms with van der Waals surface area (Å²) < 4.78 is 7.87. The monoisotopic (exact) mass is 285 g/mol. The van der Waals surface area contributed by atoms with Gasteiger partial charge >= 0.3 is 0 Å². The molecule has 3 nitrogen and oxygen atoms in total. The third-order valence-electron chi connectivity index (χ3n) is 4.44. The van der Waals surface area contributed by atoms with Gasteiger partial charge in [0.1, 0.15) is 11.9 Å². The van der Waals surface area contributed by atoms with Crippen LogP contribution in [0.1, 0.15) is 44.6 Å². The van der Waals surface area contributed by atoms with Gasteiger partial charge in [-0.2, -0.15) is 0 Å². The van der Waals surface area contributed by atoms with Crippen molar-refractivity contribution in [3.05, 3.63) is 40.2 Å². The van der Waals surface area contributed by atoms with Crippen LogP contribution >= 0.6 is 0 Å². The molecule has 1 aromatic heterocycles. The number of ether oxygens (including phenoxy) is 1. The van der Waals surface area contributed by atoms with E-state index in [1.54, 1.807) is 4.57 Å². The molecule has 0 amide bonds. The molecule has 0 bridgehead atoms. The summed E-state index contributed by atoms with van der Waals surface area (Å²) >= 11 is 0. The van der Waals surface area contributed by atoms with E-state index in [1.165, 1.54) is 25.7 Å². The van der Waals surface area contributed by atoms with Gasteiger partial charge in [-0.25, -0.2) is 0 Å². The average Bonchev–Trinajstić information content (AvgIpc) is 2.94. The van der Waals surface area contributed by atoms with Gasteiger partial charge in [0, 0.05) is 18.9 Å². The van der Waals surface area contributed by atoms with Crippen molar-refractivity contribution < 1.29 is 4.74 Å². The van der Waals surface area contributed by atoms with Crippen LogP contribution in [0.15, 0.2) is 29.1 Å². The summed E-state index contributed by atoms with van der Waals surface area (Å²) in [5, 5.41) is 1.06. The quantitative estimate of drug-likeness (QED) is 0.782. The Labute approximate surface area is 125 Å². The number of hydrogen-bond acceptors (Lipinski definition) is 2. The highest BCUT2D eigenvalue weighted by molar-refractivity contribution is 5.87. The number of rotatable bonds is 5. The number of aromatic nitrogens is 1. The molecule has 0 N–H and O–H groups in total. The first-order valence-electron chi connectivity index (χ1n) is 7.99. The standard InChI is InChI=1S/C18H23NO2/c1-3-4-5-6-9-13-12-15-17(21-13)14-10-7-8-11-16(14)19(2)18(15)20/h7-8,10-11,13H,3-6,9,12H2,1-2H3. The van der Waals surface area contributed by atoms with Crippen molar-refractivity contribution in [2.45, 2.75) is 51.6 Å². The Hall–Kier alpha value is -1.77. The Morgan fingerprint density at radius 1 is 1.24 bits per heavy atom. The molecule has 2 heterocycles.